The van der Waals surface area contributed by atoms with Crippen LogP contribution in [0.5, 0.6) is 0 Å². The molecule has 1 N–H and O–H groups in total. The molecule has 19 heavy (non-hydrogen) atoms. The highest BCUT2D eigenvalue weighted by Crippen LogP contribution is 2.22. The van der Waals surface area contributed by atoms with Gasteiger partial charge >= 0.3 is 0 Å². The highest BCUT2D eigenvalue weighted by atomic mass is 32.2. The first-order valence-corrected chi connectivity index (χ1v) is 6.91. The Morgan fingerprint density at radius 3 is 2.47 bits per heavy atom. The van der Waals surface area contributed by atoms with Gasteiger partial charge in [-0.25, -0.2) is 13.1 Å². The van der Waals surface area contributed by atoms with Crippen LogP contribution in [0.25, 0.3) is 0 Å². The first-order chi connectivity index (χ1) is 8.65. The van der Waals surface area contributed by atoms with Crippen LogP contribution in [0, 0.1) is 17.0 Å². The van der Waals surface area contributed by atoms with Gasteiger partial charge < -0.3 is 0 Å². The van der Waals surface area contributed by atoms with Crippen LogP contribution in [0.2, 0.25) is 0 Å². The number of hydrogen-bond donors (Lipinski definition) is 1. The van der Waals surface area contributed by atoms with Gasteiger partial charge in [0.2, 0.25) is 10.0 Å². The molecule has 1 atom stereocenters. The van der Waals surface area contributed by atoms with Crippen LogP contribution in [-0.2, 0) is 14.8 Å². The van der Waals surface area contributed by atoms with Gasteiger partial charge in [-0.05, 0) is 26.8 Å². The van der Waals surface area contributed by atoms with Crippen molar-refractivity contribution in [2.75, 3.05) is 0 Å². The third-order valence-corrected chi connectivity index (χ3v) is 4.17. The monoisotopic (exact) mass is 286 g/mol. The number of sulfonamides is 1. The molecule has 1 unspecified atom stereocenters. The number of nitro benzene ring substituents is 1. The number of benzene rings is 1. The molecule has 0 saturated heterocycles. The van der Waals surface area contributed by atoms with Gasteiger partial charge in [0.1, 0.15) is 5.78 Å². The molecule has 0 spiro atoms. The molecule has 0 aliphatic heterocycles. The number of carbonyl (C=O) groups is 1. The van der Waals surface area contributed by atoms with E-state index in [-0.39, 0.29) is 16.4 Å². The van der Waals surface area contributed by atoms with E-state index < -0.39 is 21.0 Å². The van der Waals surface area contributed by atoms with Crippen LogP contribution < -0.4 is 4.72 Å². The number of nitro groups is 1. The zero-order valence-electron chi connectivity index (χ0n) is 10.7. The molecule has 104 valence electrons. The van der Waals surface area contributed by atoms with Crippen LogP contribution in [0.4, 0.5) is 5.69 Å². The molecule has 0 bridgehead atoms. The quantitative estimate of drug-likeness (QED) is 0.645. The molecule has 0 aliphatic rings. The van der Waals surface area contributed by atoms with E-state index in [0.717, 1.165) is 6.07 Å². The van der Waals surface area contributed by atoms with Gasteiger partial charge in [0.15, 0.2) is 0 Å². The third-order valence-electron chi connectivity index (χ3n) is 2.63. The molecule has 0 aliphatic carbocycles. The first-order valence-electron chi connectivity index (χ1n) is 5.43. The Labute approximate surface area is 110 Å². The van der Waals surface area contributed by atoms with E-state index in [1.54, 1.807) is 0 Å². The number of carbonyl (C=O) groups excluding carboxylic acids is 1. The van der Waals surface area contributed by atoms with Crippen LogP contribution in [0.3, 0.4) is 0 Å². The minimum Gasteiger partial charge on any atom is -0.298 e. The van der Waals surface area contributed by atoms with Gasteiger partial charge in [0, 0.05) is 11.6 Å². The Hall–Kier alpha value is -1.80. The Balaban J connectivity index is 3.19. The van der Waals surface area contributed by atoms with Crippen LogP contribution in [-0.4, -0.2) is 25.2 Å². The highest BCUT2D eigenvalue weighted by Gasteiger charge is 2.22. The molecule has 0 saturated carbocycles. The Bertz CT molecular complexity index is 624. The molecule has 1 aromatic carbocycles. The first kappa shape index (κ1) is 15.3. The maximum Gasteiger partial charge on any atom is 0.273 e. The summed E-state index contributed by atoms with van der Waals surface area (Å²) in [6.45, 7) is 4.17. The van der Waals surface area contributed by atoms with Crippen molar-refractivity contribution < 1.29 is 18.1 Å². The van der Waals surface area contributed by atoms with Crippen LogP contribution in [0.1, 0.15) is 19.4 Å². The summed E-state index contributed by atoms with van der Waals surface area (Å²) in [5.41, 5.74) is 0.0851. The number of aryl methyl sites for hydroxylation is 1. The summed E-state index contributed by atoms with van der Waals surface area (Å²) in [5.74, 6) is -0.342. The molecule has 7 nitrogen and oxygen atoms in total. The number of rotatable bonds is 5. The van der Waals surface area contributed by atoms with Gasteiger partial charge in [-0.1, -0.05) is 6.07 Å². The summed E-state index contributed by atoms with van der Waals surface area (Å²) in [6, 6.07) is 2.71. The molecule has 1 rings (SSSR count). The lowest BCUT2D eigenvalue weighted by atomic mass is 10.2. The normalized spacial score (nSPS) is 13.0. The van der Waals surface area contributed by atoms with Crippen molar-refractivity contribution in [2.24, 2.45) is 0 Å². The molecule has 0 aromatic heterocycles. The van der Waals surface area contributed by atoms with Gasteiger partial charge in [-0.15, -0.1) is 0 Å². The second kappa shape index (κ2) is 5.45. The Kier molecular flexibility index (Phi) is 4.38. The van der Waals surface area contributed by atoms with E-state index in [1.807, 2.05) is 0 Å². The number of ketones is 1. The smallest absolute Gasteiger partial charge is 0.273 e. The molecule has 0 heterocycles. The average Bonchev–Trinajstić information content (AvgIpc) is 2.27. The lowest BCUT2D eigenvalue weighted by Crippen LogP contribution is -2.37. The largest absolute Gasteiger partial charge is 0.298 e. The molecular formula is C11H14N2O5S. The van der Waals surface area contributed by atoms with Crippen molar-refractivity contribution in [3.63, 3.8) is 0 Å². The predicted molar refractivity (Wildman–Crippen MR) is 68.3 cm³/mol. The van der Waals surface area contributed by atoms with Crippen molar-refractivity contribution in [1.82, 2.24) is 4.72 Å². The lowest BCUT2D eigenvalue weighted by Gasteiger charge is -2.11. The molecule has 1 aromatic rings. The van der Waals surface area contributed by atoms with E-state index in [0.29, 0.717) is 5.56 Å². The fraction of sp³-hybridized carbons (Fsp3) is 0.364. The molecule has 0 amide bonds. The van der Waals surface area contributed by atoms with E-state index in [1.165, 1.54) is 32.9 Å². The number of nitrogens with one attached hydrogen (secondary N) is 1. The van der Waals surface area contributed by atoms with Crippen molar-refractivity contribution in [2.45, 2.75) is 31.7 Å². The van der Waals surface area contributed by atoms with Crippen molar-refractivity contribution in [3.05, 3.63) is 33.9 Å². The molecule has 8 heteroatoms. The summed E-state index contributed by atoms with van der Waals surface area (Å²) < 4.78 is 26.1. The fourth-order valence-electron chi connectivity index (χ4n) is 1.34. The van der Waals surface area contributed by atoms with E-state index in [4.69, 9.17) is 0 Å². The second-order valence-corrected chi connectivity index (χ2v) is 5.87. The summed E-state index contributed by atoms with van der Waals surface area (Å²) in [5, 5.41) is 10.8. The maximum absolute atomic E-state index is 11.9. The Morgan fingerprint density at radius 1 is 1.42 bits per heavy atom. The molecule has 0 fully saturated rings. The zero-order chi connectivity index (χ0) is 14.8. The van der Waals surface area contributed by atoms with Crippen molar-refractivity contribution in [1.29, 1.82) is 0 Å². The lowest BCUT2D eigenvalue weighted by molar-refractivity contribution is -0.385. The Morgan fingerprint density at radius 2 is 2.00 bits per heavy atom. The summed E-state index contributed by atoms with van der Waals surface area (Å²) in [4.78, 5) is 20.9. The predicted octanol–water partition coefficient (Wildman–Crippen LogP) is 1.16. The van der Waals surface area contributed by atoms with Crippen molar-refractivity contribution in [3.8, 4) is 0 Å². The minimum absolute atomic E-state index is 0.238. The van der Waals surface area contributed by atoms with Gasteiger partial charge in [-0.2, -0.15) is 0 Å². The summed E-state index contributed by atoms with van der Waals surface area (Å²) in [6.07, 6.45) is 0. The number of Topliss-reactive ketones (excluding diaryl/α,β-unsaturated/α-hetero) is 1. The maximum atomic E-state index is 11.9. The van der Waals surface area contributed by atoms with Gasteiger partial charge in [0.25, 0.3) is 5.69 Å². The average molecular weight is 286 g/mol. The topological polar surface area (TPSA) is 106 Å². The third kappa shape index (κ3) is 3.58. The highest BCUT2D eigenvalue weighted by molar-refractivity contribution is 7.89. The number of hydrogen-bond acceptors (Lipinski definition) is 5. The van der Waals surface area contributed by atoms with Crippen molar-refractivity contribution >= 4 is 21.5 Å². The fourth-order valence-corrected chi connectivity index (χ4v) is 2.62. The summed E-state index contributed by atoms with van der Waals surface area (Å²) >= 11 is 0. The SMILES string of the molecule is CC(=O)C(C)NS(=O)(=O)c1ccc(C)c([N+](=O)[O-])c1. The minimum atomic E-state index is -3.95. The van der Waals surface area contributed by atoms with E-state index in [2.05, 4.69) is 4.72 Å². The van der Waals surface area contributed by atoms with E-state index >= 15 is 0 Å². The zero-order valence-corrected chi connectivity index (χ0v) is 11.5. The molecular weight excluding hydrogens is 272 g/mol. The number of nitrogens with zero attached hydrogens (tertiary/aromatic N) is 1. The van der Waals surface area contributed by atoms with Gasteiger partial charge in [-0.3, -0.25) is 14.9 Å². The second-order valence-electron chi connectivity index (χ2n) is 4.16. The molecule has 0 radical (unpaired) electrons. The standard InChI is InChI=1S/C11H14N2O5S/c1-7-4-5-10(6-11(7)13(15)16)19(17,18)12-8(2)9(3)14/h4-6,8,12H,1-3H3. The van der Waals surface area contributed by atoms with E-state index in [9.17, 15) is 23.3 Å². The van der Waals surface area contributed by atoms with Crippen LogP contribution >= 0.6 is 0 Å². The van der Waals surface area contributed by atoms with Crippen LogP contribution in [0.15, 0.2) is 23.1 Å². The summed E-state index contributed by atoms with van der Waals surface area (Å²) in [7, 11) is -3.95. The van der Waals surface area contributed by atoms with Gasteiger partial charge in [0.05, 0.1) is 15.9 Å².